The average molecular weight is 483 g/mol. The van der Waals surface area contributed by atoms with Gasteiger partial charge in [0.25, 0.3) is 5.91 Å². The number of ether oxygens (including phenoxy) is 2. The summed E-state index contributed by atoms with van der Waals surface area (Å²) in [6.45, 7) is 4.81. The van der Waals surface area contributed by atoms with Gasteiger partial charge < -0.3 is 14.8 Å². The number of rotatable bonds is 8. The molecule has 1 aliphatic rings. The molecule has 33 heavy (non-hydrogen) atoms. The fourth-order valence-corrected chi connectivity index (χ4v) is 5.44. The zero-order valence-corrected chi connectivity index (χ0v) is 20.4. The molecule has 2 aromatic carbocycles. The molecule has 1 aromatic heterocycles. The van der Waals surface area contributed by atoms with Crippen LogP contribution >= 0.6 is 22.9 Å². The molecule has 1 amide bonds. The second-order valence-electron chi connectivity index (χ2n) is 7.67. The van der Waals surface area contributed by atoms with Gasteiger partial charge in [-0.2, -0.15) is 0 Å². The number of halogens is 1. The highest BCUT2D eigenvalue weighted by molar-refractivity contribution is 7.16. The van der Waals surface area contributed by atoms with Crippen LogP contribution in [0.15, 0.2) is 47.5 Å². The number of amides is 1. The molecule has 1 N–H and O–H groups in total. The lowest BCUT2D eigenvalue weighted by atomic mass is 9.95. The molecule has 0 saturated carbocycles. The molecule has 1 aliphatic carbocycles. The fourth-order valence-electron chi connectivity index (χ4n) is 3.93. The molecule has 0 unspecified atom stereocenters. The maximum absolute atomic E-state index is 13.3. The molecule has 0 atom stereocenters. The van der Waals surface area contributed by atoms with E-state index in [-0.39, 0.29) is 5.91 Å². The van der Waals surface area contributed by atoms with Crippen molar-refractivity contribution in [1.82, 2.24) is 0 Å². The lowest BCUT2D eigenvalue weighted by Crippen LogP contribution is -2.14. The van der Waals surface area contributed by atoms with Crippen LogP contribution in [0.4, 0.5) is 10.7 Å². The first-order valence-corrected chi connectivity index (χ1v) is 12.4. The molecule has 1 heterocycles. The van der Waals surface area contributed by atoms with Gasteiger partial charge in [0.05, 0.1) is 23.8 Å². The zero-order valence-electron chi connectivity index (χ0n) is 18.8. The highest BCUT2D eigenvalue weighted by Crippen LogP contribution is 2.41. The van der Waals surface area contributed by atoms with Gasteiger partial charge in [0.15, 0.2) is 11.5 Å². The van der Waals surface area contributed by atoms with E-state index in [1.54, 1.807) is 23.6 Å². The number of benzene rings is 2. The standard InChI is InChI=1S/C26H27ClN2O3S/c1-3-31-21-15-17(14-20(27)24(21)32-4-2)16-28-26-23(19-12-8-9-13-22(19)33-26)25(30)29-18-10-6-5-7-11-18/h5-7,10-11,14-16H,3-4,8-9,12-13H2,1-2H3,(H,29,30). The molecule has 0 radical (unpaired) electrons. The number of para-hydroxylation sites is 1. The number of aliphatic imine (C=N–C) groups is 1. The van der Waals surface area contributed by atoms with Crippen molar-refractivity contribution in [2.24, 2.45) is 4.99 Å². The number of nitrogens with one attached hydrogen (secondary N) is 1. The summed E-state index contributed by atoms with van der Waals surface area (Å²) in [6, 6.07) is 13.2. The first-order valence-electron chi connectivity index (χ1n) is 11.2. The number of fused-ring (bicyclic) bond motifs is 1. The molecular formula is C26H27ClN2O3S. The zero-order chi connectivity index (χ0) is 23.2. The van der Waals surface area contributed by atoms with Gasteiger partial charge in [-0.05, 0) is 74.9 Å². The van der Waals surface area contributed by atoms with E-state index in [0.717, 1.165) is 47.5 Å². The second-order valence-corrected chi connectivity index (χ2v) is 9.16. The van der Waals surface area contributed by atoms with Crippen molar-refractivity contribution < 1.29 is 14.3 Å². The summed E-state index contributed by atoms with van der Waals surface area (Å²) in [5.41, 5.74) is 3.36. The van der Waals surface area contributed by atoms with Crippen LogP contribution in [0.3, 0.4) is 0 Å². The van der Waals surface area contributed by atoms with Gasteiger partial charge in [-0.3, -0.25) is 4.79 Å². The minimum absolute atomic E-state index is 0.118. The Labute approximate surface area is 203 Å². The van der Waals surface area contributed by atoms with Crippen LogP contribution < -0.4 is 14.8 Å². The molecule has 0 aliphatic heterocycles. The van der Waals surface area contributed by atoms with E-state index in [9.17, 15) is 4.79 Å². The van der Waals surface area contributed by atoms with Crippen molar-refractivity contribution in [2.45, 2.75) is 39.5 Å². The Morgan fingerprint density at radius 3 is 2.64 bits per heavy atom. The van der Waals surface area contributed by atoms with E-state index in [1.807, 2.05) is 50.2 Å². The molecule has 172 valence electrons. The Kier molecular flexibility index (Phi) is 7.68. The predicted octanol–water partition coefficient (Wildman–Crippen LogP) is 7.08. The molecule has 0 fully saturated rings. The Hall–Kier alpha value is -2.83. The highest BCUT2D eigenvalue weighted by atomic mass is 35.5. The number of carbonyl (C=O) groups excluding carboxylic acids is 1. The molecule has 0 bridgehead atoms. The molecule has 7 heteroatoms. The first-order chi connectivity index (χ1) is 16.1. The summed E-state index contributed by atoms with van der Waals surface area (Å²) in [6.07, 6.45) is 5.86. The minimum atomic E-state index is -0.118. The Bertz CT molecular complexity index is 1160. The predicted molar refractivity (Wildman–Crippen MR) is 136 cm³/mol. The third kappa shape index (κ3) is 5.40. The van der Waals surface area contributed by atoms with Gasteiger partial charge in [0, 0.05) is 16.8 Å². The van der Waals surface area contributed by atoms with E-state index in [1.165, 1.54) is 4.88 Å². The molecule has 0 saturated heterocycles. The van der Waals surface area contributed by atoms with Crippen LogP contribution in [0, 0.1) is 0 Å². The van der Waals surface area contributed by atoms with E-state index < -0.39 is 0 Å². The number of hydrogen-bond acceptors (Lipinski definition) is 5. The number of anilines is 1. The largest absolute Gasteiger partial charge is 0.490 e. The van der Waals surface area contributed by atoms with Crippen LogP contribution in [-0.2, 0) is 12.8 Å². The second kappa shape index (κ2) is 10.9. The quantitative estimate of drug-likeness (QED) is 0.349. The van der Waals surface area contributed by atoms with Crippen LogP contribution in [0.2, 0.25) is 5.02 Å². The van der Waals surface area contributed by atoms with Gasteiger partial charge in [0.1, 0.15) is 5.00 Å². The lowest BCUT2D eigenvalue weighted by molar-refractivity contribution is 0.102. The lowest BCUT2D eigenvalue weighted by Gasteiger charge is -2.13. The molecule has 3 aromatic rings. The minimum Gasteiger partial charge on any atom is -0.490 e. The summed E-state index contributed by atoms with van der Waals surface area (Å²) >= 11 is 8.06. The smallest absolute Gasteiger partial charge is 0.259 e. The normalized spacial score (nSPS) is 13.1. The summed E-state index contributed by atoms with van der Waals surface area (Å²) in [5.74, 6) is 1.00. The molecule has 5 nitrogen and oxygen atoms in total. The van der Waals surface area contributed by atoms with E-state index in [4.69, 9.17) is 26.1 Å². The third-order valence-corrected chi connectivity index (χ3v) is 6.84. The maximum atomic E-state index is 13.3. The van der Waals surface area contributed by atoms with Gasteiger partial charge in [-0.15, -0.1) is 11.3 Å². The van der Waals surface area contributed by atoms with Gasteiger partial charge in [0.2, 0.25) is 0 Å². The summed E-state index contributed by atoms with van der Waals surface area (Å²) in [7, 11) is 0. The number of carbonyl (C=O) groups is 1. The topological polar surface area (TPSA) is 59.9 Å². The van der Waals surface area contributed by atoms with Gasteiger partial charge in [-0.25, -0.2) is 4.99 Å². The van der Waals surface area contributed by atoms with Crippen LogP contribution in [0.25, 0.3) is 0 Å². The summed E-state index contributed by atoms with van der Waals surface area (Å²) < 4.78 is 11.4. The van der Waals surface area contributed by atoms with Crippen molar-refractivity contribution in [1.29, 1.82) is 0 Å². The average Bonchev–Trinajstić information content (AvgIpc) is 3.19. The number of aryl methyl sites for hydroxylation is 1. The van der Waals surface area contributed by atoms with Crippen molar-refractivity contribution >= 4 is 45.7 Å². The van der Waals surface area contributed by atoms with Crippen molar-refractivity contribution in [2.75, 3.05) is 18.5 Å². The van der Waals surface area contributed by atoms with Crippen molar-refractivity contribution in [3.8, 4) is 11.5 Å². The molecule has 0 spiro atoms. The highest BCUT2D eigenvalue weighted by Gasteiger charge is 2.25. The maximum Gasteiger partial charge on any atom is 0.259 e. The molecule has 4 rings (SSSR count). The fraction of sp³-hybridized carbons (Fsp3) is 0.308. The first kappa shape index (κ1) is 23.3. The third-order valence-electron chi connectivity index (χ3n) is 5.36. The number of nitrogens with zero attached hydrogens (tertiary/aromatic N) is 1. The van der Waals surface area contributed by atoms with Gasteiger partial charge in [-0.1, -0.05) is 29.8 Å². The van der Waals surface area contributed by atoms with Gasteiger partial charge >= 0.3 is 0 Å². The molecular weight excluding hydrogens is 456 g/mol. The SMILES string of the molecule is CCOc1cc(C=Nc2sc3c(c2C(=O)Nc2ccccc2)CCCC3)cc(Cl)c1OCC. The number of hydrogen-bond donors (Lipinski definition) is 1. The van der Waals surface area contributed by atoms with Crippen LogP contribution in [-0.4, -0.2) is 25.3 Å². The summed E-state index contributed by atoms with van der Waals surface area (Å²) in [5, 5.41) is 4.22. The Balaban J connectivity index is 1.68. The van der Waals surface area contributed by atoms with Crippen molar-refractivity contribution in [3.63, 3.8) is 0 Å². The Morgan fingerprint density at radius 2 is 1.88 bits per heavy atom. The number of thiophene rings is 1. The van der Waals surface area contributed by atoms with Crippen LogP contribution in [0.1, 0.15) is 53.1 Å². The van der Waals surface area contributed by atoms with E-state index >= 15 is 0 Å². The monoisotopic (exact) mass is 482 g/mol. The van der Waals surface area contributed by atoms with E-state index in [0.29, 0.717) is 35.3 Å². The summed E-state index contributed by atoms with van der Waals surface area (Å²) in [4.78, 5) is 19.2. The van der Waals surface area contributed by atoms with Crippen molar-refractivity contribution in [3.05, 3.63) is 69.1 Å². The Morgan fingerprint density at radius 1 is 1.12 bits per heavy atom. The van der Waals surface area contributed by atoms with Crippen LogP contribution in [0.5, 0.6) is 11.5 Å². The van der Waals surface area contributed by atoms with E-state index in [2.05, 4.69) is 5.32 Å².